The summed E-state index contributed by atoms with van der Waals surface area (Å²) in [6, 6.07) is 7.22. The van der Waals surface area contributed by atoms with Crippen LogP contribution in [0.5, 0.6) is 0 Å². The van der Waals surface area contributed by atoms with Crippen molar-refractivity contribution in [2.75, 3.05) is 11.9 Å². The molecule has 2 heterocycles. The number of nitrogens with one attached hydrogen (secondary N) is 1. The van der Waals surface area contributed by atoms with E-state index >= 15 is 0 Å². The number of hydrogen-bond acceptors (Lipinski definition) is 6. The number of esters is 1. The molecular weight excluding hydrogens is 401 g/mol. The molecule has 10 heteroatoms. The van der Waals surface area contributed by atoms with Crippen molar-refractivity contribution in [3.8, 4) is 5.95 Å². The molecule has 1 amide bonds. The van der Waals surface area contributed by atoms with Gasteiger partial charge >= 0.3 is 5.97 Å². The van der Waals surface area contributed by atoms with Gasteiger partial charge in [-0.05, 0) is 39.0 Å². The molecule has 0 fully saturated rings. The first-order valence-corrected chi connectivity index (χ1v) is 8.92. The van der Waals surface area contributed by atoms with E-state index in [4.69, 9.17) is 16.3 Å². The Kier molecular flexibility index (Phi) is 5.88. The van der Waals surface area contributed by atoms with Gasteiger partial charge in [-0.1, -0.05) is 17.7 Å². The van der Waals surface area contributed by atoms with Crippen molar-refractivity contribution in [1.29, 1.82) is 0 Å². The van der Waals surface area contributed by atoms with Gasteiger partial charge in [-0.3, -0.25) is 4.79 Å². The molecule has 0 atom stereocenters. The second-order valence-corrected chi connectivity index (χ2v) is 6.66. The summed E-state index contributed by atoms with van der Waals surface area (Å²) >= 11 is 5.82. The molecule has 0 saturated heterocycles. The number of anilines is 1. The van der Waals surface area contributed by atoms with Gasteiger partial charge in [0.05, 0.1) is 10.7 Å². The Bertz CT molecular complexity index is 1060. The third-order valence-corrected chi connectivity index (χ3v) is 4.08. The van der Waals surface area contributed by atoms with Gasteiger partial charge in [0.2, 0.25) is 0 Å². The second-order valence-electron chi connectivity index (χ2n) is 6.25. The smallest absolute Gasteiger partial charge is 0.343 e. The van der Waals surface area contributed by atoms with Gasteiger partial charge in [-0.2, -0.15) is 9.78 Å². The largest absolute Gasteiger partial charge is 0.452 e. The van der Waals surface area contributed by atoms with Crippen LogP contribution >= 0.6 is 11.6 Å². The van der Waals surface area contributed by atoms with Crippen LogP contribution in [0.4, 0.5) is 10.2 Å². The Labute approximate surface area is 170 Å². The predicted octanol–water partition coefficient (Wildman–Crippen LogP) is 3.18. The number of carbonyl (C=O) groups excluding carboxylic acids is 2. The summed E-state index contributed by atoms with van der Waals surface area (Å²) < 4.78 is 20.0. The van der Waals surface area contributed by atoms with Crippen LogP contribution in [-0.4, -0.2) is 38.2 Å². The molecule has 0 spiro atoms. The normalized spacial score (nSPS) is 10.7. The molecule has 0 aliphatic carbocycles. The second kappa shape index (κ2) is 8.36. The molecule has 3 aromatic rings. The molecule has 0 bridgehead atoms. The fourth-order valence-electron chi connectivity index (χ4n) is 2.62. The van der Waals surface area contributed by atoms with E-state index in [1.54, 1.807) is 13.0 Å². The zero-order valence-corrected chi connectivity index (χ0v) is 16.6. The first kappa shape index (κ1) is 20.4. The van der Waals surface area contributed by atoms with Crippen molar-refractivity contribution in [3.63, 3.8) is 0 Å². The van der Waals surface area contributed by atoms with Crippen molar-refractivity contribution >= 4 is 29.3 Å². The van der Waals surface area contributed by atoms with Crippen molar-refractivity contribution in [3.05, 3.63) is 63.8 Å². The third-order valence-electron chi connectivity index (χ3n) is 3.76. The highest BCUT2D eigenvalue weighted by Gasteiger charge is 2.19. The molecule has 2 aromatic heterocycles. The van der Waals surface area contributed by atoms with Crippen molar-refractivity contribution in [1.82, 2.24) is 19.7 Å². The lowest BCUT2D eigenvalue weighted by atomic mass is 10.2. The van der Waals surface area contributed by atoms with Crippen LogP contribution in [0.3, 0.4) is 0 Å². The lowest BCUT2D eigenvalue weighted by Crippen LogP contribution is -2.23. The van der Waals surface area contributed by atoms with E-state index in [0.717, 1.165) is 17.5 Å². The van der Waals surface area contributed by atoms with E-state index < -0.39 is 29.9 Å². The fourth-order valence-corrected chi connectivity index (χ4v) is 2.86. The van der Waals surface area contributed by atoms with E-state index in [1.807, 2.05) is 19.9 Å². The van der Waals surface area contributed by atoms with Gasteiger partial charge < -0.3 is 10.1 Å². The number of nitrogens with zero attached hydrogens (tertiary/aromatic N) is 4. The number of aromatic nitrogens is 4. The quantitative estimate of drug-likeness (QED) is 0.640. The lowest BCUT2D eigenvalue weighted by Gasteiger charge is -2.10. The lowest BCUT2D eigenvalue weighted by molar-refractivity contribution is -0.119. The molecule has 0 aliphatic rings. The van der Waals surface area contributed by atoms with E-state index in [1.165, 1.54) is 16.8 Å². The summed E-state index contributed by atoms with van der Waals surface area (Å²) in [5.74, 6) is -1.91. The number of hydrogen-bond donors (Lipinski definition) is 1. The number of amides is 1. The van der Waals surface area contributed by atoms with Crippen molar-refractivity contribution in [2.24, 2.45) is 0 Å². The first-order chi connectivity index (χ1) is 13.7. The highest BCUT2D eigenvalue weighted by molar-refractivity contribution is 6.33. The molecule has 0 radical (unpaired) electrons. The highest BCUT2D eigenvalue weighted by Crippen LogP contribution is 2.20. The molecular formula is C19H17ClFN5O3. The summed E-state index contributed by atoms with van der Waals surface area (Å²) in [5.41, 5.74) is 1.69. The Hall–Kier alpha value is -3.33. The molecule has 8 nitrogen and oxygen atoms in total. The number of ether oxygens (including phenoxy) is 1. The average molecular weight is 418 g/mol. The van der Waals surface area contributed by atoms with Gasteiger partial charge in [0.1, 0.15) is 17.2 Å². The van der Waals surface area contributed by atoms with Gasteiger partial charge in [0.15, 0.2) is 6.61 Å². The topological polar surface area (TPSA) is 99.0 Å². The monoisotopic (exact) mass is 417 g/mol. The van der Waals surface area contributed by atoms with Gasteiger partial charge in [-0.25, -0.2) is 19.2 Å². The van der Waals surface area contributed by atoms with Crippen LogP contribution in [0.1, 0.15) is 27.4 Å². The Morgan fingerprint density at radius 1 is 1.14 bits per heavy atom. The minimum absolute atomic E-state index is 0.101. The minimum Gasteiger partial charge on any atom is -0.452 e. The van der Waals surface area contributed by atoms with Gasteiger partial charge in [0.25, 0.3) is 11.9 Å². The molecule has 0 unspecified atom stereocenters. The zero-order chi connectivity index (χ0) is 21.1. The summed E-state index contributed by atoms with van der Waals surface area (Å²) in [6.45, 7) is 4.75. The van der Waals surface area contributed by atoms with Crippen LogP contribution in [-0.2, 0) is 9.53 Å². The zero-order valence-electron chi connectivity index (χ0n) is 15.9. The van der Waals surface area contributed by atoms with E-state index in [-0.39, 0.29) is 5.02 Å². The molecule has 1 aromatic carbocycles. The predicted molar refractivity (Wildman–Crippen MR) is 104 cm³/mol. The van der Waals surface area contributed by atoms with Gasteiger partial charge in [-0.15, -0.1) is 0 Å². The standard InChI is InChI=1S/C19H17ClFN5O3/c1-10-7-11(2)23-19(22-10)26-15(8-12(3)25-26)24-16(27)9-29-18(28)17-13(20)5-4-6-14(17)21/h4-8H,9H2,1-3H3,(H,24,27). The number of aryl methyl sites for hydroxylation is 3. The number of carbonyl (C=O) groups is 2. The summed E-state index contributed by atoms with van der Waals surface area (Å²) in [4.78, 5) is 32.9. The van der Waals surface area contributed by atoms with Crippen LogP contribution in [0.2, 0.25) is 5.02 Å². The molecule has 3 rings (SSSR count). The van der Waals surface area contributed by atoms with E-state index in [9.17, 15) is 14.0 Å². The molecule has 1 N–H and O–H groups in total. The highest BCUT2D eigenvalue weighted by atomic mass is 35.5. The molecule has 0 saturated carbocycles. The molecule has 29 heavy (non-hydrogen) atoms. The van der Waals surface area contributed by atoms with E-state index in [2.05, 4.69) is 20.4 Å². The number of halogens is 2. The number of benzene rings is 1. The summed E-state index contributed by atoms with van der Waals surface area (Å²) in [6.07, 6.45) is 0. The maximum atomic E-state index is 13.8. The first-order valence-electron chi connectivity index (χ1n) is 8.55. The Morgan fingerprint density at radius 3 is 2.48 bits per heavy atom. The van der Waals surface area contributed by atoms with Crippen LogP contribution < -0.4 is 5.32 Å². The SMILES string of the molecule is Cc1cc(C)nc(-n2nc(C)cc2NC(=O)COC(=O)c2c(F)cccc2Cl)n1. The van der Waals surface area contributed by atoms with Crippen molar-refractivity contribution < 1.29 is 18.7 Å². The Balaban J connectivity index is 1.72. The van der Waals surface area contributed by atoms with Crippen LogP contribution in [0.15, 0.2) is 30.3 Å². The maximum absolute atomic E-state index is 13.8. The minimum atomic E-state index is -1.04. The van der Waals surface area contributed by atoms with Crippen molar-refractivity contribution in [2.45, 2.75) is 20.8 Å². The third kappa shape index (κ3) is 4.75. The fraction of sp³-hybridized carbons (Fsp3) is 0.211. The van der Waals surface area contributed by atoms with Gasteiger partial charge in [0, 0.05) is 17.5 Å². The Morgan fingerprint density at radius 2 is 1.83 bits per heavy atom. The summed E-state index contributed by atoms with van der Waals surface area (Å²) in [5, 5.41) is 6.77. The molecule has 0 aliphatic heterocycles. The number of rotatable bonds is 5. The summed E-state index contributed by atoms with van der Waals surface area (Å²) in [7, 11) is 0. The maximum Gasteiger partial charge on any atom is 0.343 e. The van der Waals surface area contributed by atoms with Crippen LogP contribution in [0.25, 0.3) is 5.95 Å². The molecule has 150 valence electrons. The average Bonchev–Trinajstić information content (AvgIpc) is 2.99. The van der Waals surface area contributed by atoms with E-state index in [0.29, 0.717) is 17.5 Å². The van der Waals surface area contributed by atoms with Crippen LogP contribution in [0, 0.1) is 26.6 Å².